The first-order valence-electron chi connectivity index (χ1n) is 9.36. The molecule has 1 atom stereocenters. The van der Waals surface area contributed by atoms with Gasteiger partial charge in [-0.1, -0.05) is 17.7 Å². The van der Waals surface area contributed by atoms with Crippen molar-refractivity contribution in [3.8, 4) is 0 Å². The molecular weight excluding hydrogens is 394 g/mol. The summed E-state index contributed by atoms with van der Waals surface area (Å²) in [5, 5.41) is 3.79. The predicted octanol–water partition coefficient (Wildman–Crippen LogP) is 3.17. The largest absolute Gasteiger partial charge is 0.417 e. The van der Waals surface area contributed by atoms with E-state index in [-0.39, 0.29) is 11.6 Å². The summed E-state index contributed by atoms with van der Waals surface area (Å²) in [6, 6.07) is 8.50. The molecule has 4 heterocycles. The van der Waals surface area contributed by atoms with Crippen molar-refractivity contribution in [3.63, 3.8) is 0 Å². The van der Waals surface area contributed by atoms with Crippen LogP contribution in [0.5, 0.6) is 0 Å². The van der Waals surface area contributed by atoms with Crippen LogP contribution in [0.4, 0.5) is 11.5 Å². The number of anilines is 2. The number of hydrogen-bond donors (Lipinski definition) is 2. The van der Waals surface area contributed by atoms with Gasteiger partial charge in [0, 0.05) is 30.9 Å². The van der Waals surface area contributed by atoms with Crippen molar-refractivity contribution < 1.29 is 4.42 Å². The third kappa shape index (κ3) is 3.05. The van der Waals surface area contributed by atoms with Crippen molar-refractivity contribution in [2.45, 2.75) is 19.4 Å². The Morgan fingerprint density at radius 1 is 1.28 bits per heavy atom. The van der Waals surface area contributed by atoms with E-state index in [0.29, 0.717) is 33.3 Å². The fourth-order valence-corrected chi connectivity index (χ4v) is 3.82. The molecule has 0 aliphatic carbocycles. The molecule has 0 radical (unpaired) electrons. The summed E-state index contributed by atoms with van der Waals surface area (Å²) in [6.07, 6.45) is 2.67. The number of aromatic nitrogens is 3. The van der Waals surface area contributed by atoms with Gasteiger partial charge in [-0.15, -0.1) is 0 Å². The smallest absolute Gasteiger partial charge is 0.406 e. The third-order valence-electron chi connectivity index (χ3n) is 5.21. The van der Waals surface area contributed by atoms with E-state index in [9.17, 15) is 9.59 Å². The molecule has 29 heavy (non-hydrogen) atoms. The SMILES string of the molecule is C[C@H](Nc1cccc2[nH]c(=O)oc12)c1cc(Cl)cn2c(=O)cc(N3CCC3)nc12. The summed E-state index contributed by atoms with van der Waals surface area (Å²) in [4.78, 5) is 33.7. The Labute approximate surface area is 169 Å². The minimum Gasteiger partial charge on any atom is -0.406 e. The second-order valence-electron chi connectivity index (χ2n) is 7.16. The Kier molecular flexibility index (Phi) is 4.09. The topological polar surface area (TPSA) is 95.6 Å². The molecule has 1 aromatic carbocycles. The van der Waals surface area contributed by atoms with Crippen LogP contribution in [0, 0.1) is 0 Å². The fraction of sp³-hybridized carbons (Fsp3) is 0.250. The highest BCUT2D eigenvalue weighted by molar-refractivity contribution is 6.30. The molecule has 1 fully saturated rings. The van der Waals surface area contributed by atoms with E-state index in [1.54, 1.807) is 24.4 Å². The highest BCUT2D eigenvalue weighted by Crippen LogP contribution is 2.29. The fourth-order valence-electron chi connectivity index (χ4n) is 3.61. The lowest BCUT2D eigenvalue weighted by Crippen LogP contribution is -2.38. The Hall–Kier alpha value is -3.26. The van der Waals surface area contributed by atoms with Crippen LogP contribution in [-0.2, 0) is 0 Å². The number of fused-ring (bicyclic) bond motifs is 2. The van der Waals surface area contributed by atoms with Gasteiger partial charge in [-0.25, -0.2) is 9.78 Å². The van der Waals surface area contributed by atoms with E-state index in [0.717, 1.165) is 25.1 Å². The Bertz CT molecular complexity index is 1350. The second kappa shape index (κ2) is 6.66. The molecule has 0 spiro atoms. The lowest BCUT2D eigenvalue weighted by molar-refractivity contribution is 0.555. The molecule has 8 nitrogen and oxygen atoms in total. The van der Waals surface area contributed by atoms with Crippen molar-refractivity contribution in [1.82, 2.24) is 14.4 Å². The summed E-state index contributed by atoms with van der Waals surface area (Å²) < 4.78 is 6.73. The van der Waals surface area contributed by atoms with Gasteiger partial charge in [0.15, 0.2) is 5.58 Å². The van der Waals surface area contributed by atoms with Crippen LogP contribution in [-0.4, -0.2) is 27.5 Å². The molecule has 148 valence electrons. The molecule has 2 N–H and O–H groups in total. The van der Waals surface area contributed by atoms with Crippen LogP contribution in [0.3, 0.4) is 0 Å². The van der Waals surface area contributed by atoms with Gasteiger partial charge in [0.2, 0.25) is 0 Å². The van der Waals surface area contributed by atoms with E-state index in [4.69, 9.17) is 21.0 Å². The summed E-state index contributed by atoms with van der Waals surface area (Å²) in [7, 11) is 0. The molecule has 1 aliphatic rings. The Balaban J connectivity index is 1.61. The lowest BCUT2D eigenvalue weighted by Gasteiger charge is -2.32. The summed E-state index contributed by atoms with van der Waals surface area (Å²) in [5.41, 5.74) is 2.86. The number of hydrogen-bond acceptors (Lipinski definition) is 6. The number of H-pyrrole nitrogens is 1. The molecule has 0 amide bonds. The molecule has 0 saturated carbocycles. The van der Waals surface area contributed by atoms with E-state index in [1.807, 2.05) is 19.1 Å². The van der Waals surface area contributed by atoms with Gasteiger partial charge in [-0.3, -0.25) is 14.2 Å². The van der Waals surface area contributed by atoms with Gasteiger partial charge in [0.1, 0.15) is 11.5 Å². The normalized spacial score (nSPS) is 14.9. The number of aromatic amines is 1. The quantitative estimate of drug-likeness (QED) is 0.535. The van der Waals surface area contributed by atoms with Crippen molar-refractivity contribution in [2.24, 2.45) is 0 Å². The molecule has 5 rings (SSSR count). The zero-order valence-corrected chi connectivity index (χ0v) is 16.4. The maximum atomic E-state index is 12.7. The Morgan fingerprint density at radius 3 is 2.86 bits per heavy atom. The average molecular weight is 412 g/mol. The molecule has 1 aliphatic heterocycles. The van der Waals surface area contributed by atoms with Crippen LogP contribution in [0.25, 0.3) is 16.7 Å². The van der Waals surface area contributed by atoms with E-state index >= 15 is 0 Å². The molecule has 1 saturated heterocycles. The summed E-state index contributed by atoms with van der Waals surface area (Å²) >= 11 is 6.29. The lowest BCUT2D eigenvalue weighted by atomic mass is 10.1. The molecule has 0 bridgehead atoms. The number of para-hydroxylation sites is 1. The van der Waals surface area contributed by atoms with Crippen molar-refractivity contribution >= 4 is 39.9 Å². The molecular formula is C20H18ClN5O3. The van der Waals surface area contributed by atoms with E-state index < -0.39 is 5.76 Å². The predicted molar refractivity (Wildman–Crippen MR) is 112 cm³/mol. The first-order valence-corrected chi connectivity index (χ1v) is 9.73. The zero-order valence-electron chi connectivity index (χ0n) is 15.6. The number of halogens is 1. The van der Waals surface area contributed by atoms with Crippen molar-refractivity contribution in [1.29, 1.82) is 0 Å². The molecule has 4 aromatic rings. The average Bonchev–Trinajstić information content (AvgIpc) is 3.02. The maximum absolute atomic E-state index is 12.7. The monoisotopic (exact) mass is 411 g/mol. The van der Waals surface area contributed by atoms with Gasteiger partial charge in [0.05, 0.1) is 22.3 Å². The maximum Gasteiger partial charge on any atom is 0.417 e. The van der Waals surface area contributed by atoms with Crippen LogP contribution in [0.1, 0.15) is 24.9 Å². The van der Waals surface area contributed by atoms with Gasteiger partial charge < -0.3 is 14.6 Å². The van der Waals surface area contributed by atoms with Crippen molar-refractivity contribution in [2.75, 3.05) is 23.3 Å². The van der Waals surface area contributed by atoms with Crippen LogP contribution in [0.15, 0.2) is 50.5 Å². The molecule has 9 heteroatoms. The number of pyridine rings is 1. The minimum absolute atomic E-state index is 0.174. The van der Waals surface area contributed by atoms with Gasteiger partial charge >= 0.3 is 5.76 Å². The minimum atomic E-state index is -0.512. The standard InChI is InChI=1S/C20H18ClN5O3/c1-11(22-14-4-2-5-15-18(14)29-20(28)23-15)13-8-12(21)10-26-17(27)9-16(24-19(13)26)25-6-3-7-25/h2,4-5,8-11,22H,3,6-7H2,1H3,(H,23,28)/t11-/m0/s1. The van der Waals surface area contributed by atoms with Gasteiger partial charge in [0.25, 0.3) is 5.56 Å². The van der Waals surface area contributed by atoms with Gasteiger partial charge in [-0.05, 0) is 31.5 Å². The third-order valence-corrected chi connectivity index (χ3v) is 5.41. The molecule has 0 unspecified atom stereocenters. The van der Waals surface area contributed by atoms with Gasteiger partial charge in [-0.2, -0.15) is 0 Å². The number of nitrogens with zero attached hydrogens (tertiary/aromatic N) is 3. The van der Waals surface area contributed by atoms with Crippen LogP contribution >= 0.6 is 11.6 Å². The number of oxazole rings is 1. The Morgan fingerprint density at radius 2 is 2.10 bits per heavy atom. The number of benzene rings is 1. The van der Waals surface area contributed by atoms with E-state index in [2.05, 4.69) is 15.2 Å². The van der Waals surface area contributed by atoms with Crippen LogP contribution < -0.4 is 21.5 Å². The highest BCUT2D eigenvalue weighted by Gasteiger charge is 2.20. The van der Waals surface area contributed by atoms with Crippen molar-refractivity contribution in [3.05, 3.63) is 68.0 Å². The summed E-state index contributed by atoms with van der Waals surface area (Å²) in [5.74, 6) is 0.165. The first-order chi connectivity index (χ1) is 14.0. The van der Waals surface area contributed by atoms with Crippen LogP contribution in [0.2, 0.25) is 5.02 Å². The first kappa shape index (κ1) is 17.8. The van der Waals surface area contributed by atoms with E-state index in [1.165, 1.54) is 4.40 Å². The highest BCUT2D eigenvalue weighted by atomic mass is 35.5. The molecule has 3 aromatic heterocycles. The number of rotatable bonds is 4. The zero-order chi connectivity index (χ0) is 20.1. The number of nitrogens with one attached hydrogen (secondary N) is 2. The summed E-state index contributed by atoms with van der Waals surface area (Å²) in [6.45, 7) is 3.74. The second-order valence-corrected chi connectivity index (χ2v) is 7.60.